The molecular formula is C35H44N2O2. The summed E-state index contributed by atoms with van der Waals surface area (Å²) in [5, 5.41) is 0. The fourth-order valence-electron chi connectivity index (χ4n) is 4.37. The van der Waals surface area contributed by atoms with Gasteiger partial charge in [-0.1, -0.05) is 127 Å². The van der Waals surface area contributed by atoms with Crippen LogP contribution in [0.15, 0.2) is 85.0 Å². The number of allylic oxidation sites excluding steroid dienone is 4. The highest BCUT2D eigenvalue weighted by molar-refractivity contribution is 5.89. The summed E-state index contributed by atoms with van der Waals surface area (Å²) in [7, 11) is 0. The summed E-state index contributed by atoms with van der Waals surface area (Å²) < 4.78 is 0. The van der Waals surface area contributed by atoms with Crippen molar-refractivity contribution in [3.63, 3.8) is 0 Å². The van der Waals surface area contributed by atoms with E-state index in [1.54, 1.807) is 24.3 Å². The second-order valence-corrected chi connectivity index (χ2v) is 12.2. The first-order valence-corrected chi connectivity index (χ1v) is 13.9. The van der Waals surface area contributed by atoms with Crippen LogP contribution in [0, 0.1) is 0 Å². The van der Waals surface area contributed by atoms with Crippen LogP contribution in [0.1, 0.15) is 70.2 Å². The SMILES string of the molecule is CC(C)(C)c1ccc(C=CC=CC(=O)N2CCCN(C(=O)C=CC=Cc3ccc(C(C)(C)C)cc3)CC2)cc1. The lowest BCUT2D eigenvalue weighted by atomic mass is 9.87. The van der Waals surface area contributed by atoms with Crippen molar-refractivity contribution in [2.45, 2.75) is 58.8 Å². The highest BCUT2D eigenvalue weighted by Gasteiger charge is 2.19. The quantitative estimate of drug-likeness (QED) is 0.297. The van der Waals surface area contributed by atoms with E-state index in [1.165, 1.54) is 11.1 Å². The number of carbonyl (C=O) groups is 2. The minimum absolute atomic E-state index is 0.0204. The van der Waals surface area contributed by atoms with E-state index in [-0.39, 0.29) is 22.6 Å². The van der Waals surface area contributed by atoms with E-state index in [2.05, 4.69) is 90.1 Å². The van der Waals surface area contributed by atoms with Crippen LogP contribution in [-0.2, 0) is 20.4 Å². The highest BCUT2D eigenvalue weighted by atomic mass is 16.2. The van der Waals surface area contributed by atoms with Gasteiger partial charge in [0, 0.05) is 38.3 Å². The summed E-state index contributed by atoms with van der Waals surface area (Å²) in [5.41, 5.74) is 5.07. The lowest BCUT2D eigenvalue weighted by Gasteiger charge is -2.20. The Morgan fingerprint density at radius 1 is 0.564 bits per heavy atom. The summed E-state index contributed by atoms with van der Waals surface area (Å²) >= 11 is 0. The highest BCUT2D eigenvalue weighted by Crippen LogP contribution is 2.23. The predicted octanol–water partition coefficient (Wildman–Crippen LogP) is 7.18. The lowest BCUT2D eigenvalue weighted by molar-refractivity contribution is -0.128. The van der Waals surface area contributed by atoms with Crippen molar-refractivity contribution in [2.75, 3.05) is 26.2 Å². The second kappa shape index (κ2) is 13.4. The van der Waals surface area contributed by atoms with Crippen molar-refractivity contribution in [3.05, 3.63) is 107 Å². The molecule has 2 amide bonds. The molecule has 39 heavy (non-hydrogen) atoms. The third-order valence-corrected chi connectivity index (χ3v) is 6.95. The van der Waals surface area contributed by atoms with Crippen molar-refractivity contribution < 1.29 is 9.59 Å². The second-order valence-electron chi connectivity index (χ2n) is 12.2. The molecule has 4 heteroatoms. The van der Waals surface area contributed by atoms with E-state index < -0.39 is 0 Å². The topological polar surface area (TPSA) is 40.6 Å². The van der Waals surface area contributed by atoms with E-state index in [9.17, 15) is 9.59 Å². The standard InChI is InChI=1S/C35H44N2O2/c1-34(2,3)30-20-16-28(17-21-30)12-7-9-14-32(38)36-24-11-25-37(27-26-36)33(39)15-10-8-13-29-18-22-31(23-19-29)35(4,5)6/h7-10,12-23H,11,24-27H2,1-6H3. The number of hydrogen-bond donors (Lipinski definition) is 0. The molecule has 1 saturated heterocycles. The molecule has 0 atom stereocenters. The van der Waals surface area contributed by atoms with Gasteiger partial charge in [0.1, 0.15) is 0 Å². The van der Waals surface area contributed by atoms with Crippen molar-refractivity contribution in [1.82, 2.24) is 9.80 Å². The Labute approximate surface area is 235 Å². The molecule has 1 aliphatic heterocycles. The van der Waals surface area contributed by atoms with E-state index in [0.717, 1.165) is 17.5 Å². The van der Waals surface area contributed by atoms with Gasteiger partial charge in [0.15, 0.2) is 0 Å². The van der Waals surface area contributed by atoms with Crippen LogP contribution in [0.4, 0.5) is 0 Å². The zero-order chi connectivity index (χ0) is 28.5. The molecule has 0 aliphatic carbocycles. The maximum absolute atomic E-state index is 12.7. The number of carbonyl (C=O) groups excluding carboxylic acids is 2. The lowest BCUT2D eigenvalue weighted by Crippen LogP contribution is -2.36. The Balaban J connectivity index is 1.45. The summed E-state index contributed by atoms with van der Waals surface area (Å²) in [5.74, 6) is -0.0408. The summed E-state index contributed by atoms with van der Waals surface area (Å²) in [6.07, 6.45) is 15.4. The number of hydrogen-bond acceptors (Lipinski definition) is 2. The summed E-state index contributed by atoms with van der Waals surface area (Å²) in [4.78, 5) is 29.0. The average Bonchev–Trinajstić information content (AvgIpc) is 3.15. The molecule has 0 saturated carbocycles. The number of nitrogens with zero attached hydrogens (tertiary/aromatic N) is 2. The first kappa shape index (κ1) is 29.9. The van der Waals surface area contributed by atoms with Gasteiger partial charge in [0.2, 0.25) is 11.8 Å². The molecule has 206 valence electrons. The Morgan fingerprint density at radius 2 is 0.923 bits per heavy atom. The fraction of sp³-hybridized carbons (Fsp3) is 0.371. The molecule has 1 heterocycles. The molecular weight excluding hydrogens is 480 g/mol. The zero-order valence-corrected chi connectivity index (χ0v) is 24.5. The molecule has 3 rings (SSSR count). The van der Waals surface area contributed by atoms with E-state index in [4.69, 9.17) is 0 Å². The number of rotatable bonds is 6. The molecule has 0 aromatic heterocycles. The molecule has 2 aromatic rings. The maximum atomic E-state index is 12.7. The Hall–Kier alpha value is -3.66. The van der Waals surface area contributed by atoms with Crippen LogP contribution in [0.2, 0.25) is 0 Å². The van der Waals surface area contributed by atoms with Gasteiger partial charge in [0.25, 0.3) is 0 Å². The van der Waals surface area contributed by atoms with Crippen LogP contribution in [0.5, 0.6) is 0 Å². The molecule has 0 spiro atoms. The molecule has 0 radical (unpaired) electrons. The Kier molecular flexibility index (Phi) is 10.3. The Bertz CT molecular complexity index is 1120. The minimum Gasteiger partial charge on any atom is -0.337 e. The third kappa shape index (κ3) is 9.55. The summed E-state index contributed by atoms with van der Waals surface area (Å²) in [6, 6.07) is 17.0. The molecule has 4 nitrogen and oxygen atoms in total. The van der Waals surface area contributed by atoms with Crippen LogP contribution < -0.4 is 0 Å². The van der Waals surface area contributed by atoms with Crippen LogP contribution >= 0.6 is 0 Å². The minimum atomic E-state index is -0.0204. The first-order valence-electron chi connectivity index (χ1n) is 13.9. The molecule has 0 N–H and O–H groups in total. The van der Waals surface area contributed by atoms with Crippen molar-refractivity contribution in [2.24, 2.45) is 0 Å². The van der Waals surface area contributed by atoms with E-state index >= 15 is 0 Å². The van der Waals surface area contributed by atoms with Gasteiger partial charge < -0.3 is 9.80 Å². The van der Waals surface area contributed by atoms with Gasteiger partial charge in [-0.3, -0.25) is 9.59 Å². The molecule has 1 aliphatic rings. The first-order chi connectivity index (χ1) is 18.4. The maximum Gasteiger partial charge on any atom is 0.246 e. The molecule has 1 fully saturated rings. The van der Waals surface area contributed by atoms with Crippen LogP contribution in [0.25, 0.3) is 12.2 Å². The zero-order valence-electron chi connectivity index (χ0n) is 24.5. The Morgan fingerprint density at radius 3 is 1.26 bits per heavy atom. The molecule has 2 aromatic carbocycles. The van der Waals surface area contributed by atoms with Gasteiger partial charge in [0.05, 0.1) is 0 Å². The van der Waals surface area contributed by atoms with Crippen molar-refractivity contribution in [1.29, 1.82) is 0 Å². The largest absolute Gasteiger partial charge is 0.337 e. The number of amides is 2. The van der Waals surface area contributed by atoms with Gasteiger partial charge in [-0.05, 0) is 39.5 Å². The van der Waals surface area contributed by atoms with Crippen molar-refractivity contribution >= 4 is 24.0 Å². The van der Waals surface area contributed by atoms with Crippen LogP contribution in [0.3, 0.4) is 0 Å². The van der Waals surface area contributed by atoms with E-state index in [0.29, 0.717) is 26.2 Å². The van der Waals surface area contributed by atoms with Gasteiger partial charge >= 0.3 is 0 Å². The van der Waals surface area contributed by atoms with Gasteiger partial charge in [-0.2, -0.15) is 0 Å². The van der Waals surface area contributed by atoms with Crippen molar-refractivity contribution in [3.8, 4) is 0 Å². The third-order valence-electron chi connectivity index (χ3n) is 6.95. The predicted molar refractivity (Wildman–Crippen MR) is 164 cm³/mol. The van der Waals surface area contributed by atoms with Gasteiger partial charge in [-0.15, -0.1) is 0 Å². The fourth-order valence-corrected chi connectivity index (χ4v) is 4.37. The smallest absolute Gasteiger partial charge is 0.246 e. The van der Waals surface area contributed by atoms with Crippen LogP contribution in [-0.4, -0.2) is 47.8 Å². The molecule has 0 unspecified atom stereocenters. The summed E-state index contributed by atoms with van der Waals surface area (Å²) in [6.45, 7) is 15.6. The normalized spacial score (nSPS) is 15.6. The van der Waals surface area contributed by atoms with Gasteiger partial charge in [-0.25, -0.2) is 0 Å². The van der Waals surface area contributed by atoms with E-state index in [1.807, 2.05) is 34.1 Å². The average molecular weight is 525 g/mol. The monoisotopic (exact) mass is 524 g/mol. The number of benzene rings is 2. The molecule has 0 bridgehead atoms.